The zero-order valence-electron chi connectivity index (χ0n) is 8.86. The molecular formula is C9H8N4O4S. The number of nitrogens with zero attached hydrogens (tertiary/aromatic N) is 2. The molecule has 0 heterocycles. The van der Waals surface area contributed by atoms with E-state index in [9.17, 15) is 13.2 Å². The average molecular weight is 268 g/mol. The predicted molar refractivity (Wildman–Crippen MR) is 61.0 cm³/mol. The van der Waals surface area contributed by atoms with Crippen LogP contribution in [0.5, 0.6) is 0 Å². The van der Waals surface area contributed by atoms with Gasteiger partial charge in [0.25, 0.3) is 10.0 Å². The number of sulfonamides is 1. The van der Waals surface area contributed by atoms with Crippen molar-refractivity contribution in [2.45, 2.75) is 4.90 Å². The Kier molecular flexibility index (Phi) is 3.85. The van der Waals surface area contributed by atoms with E-state index in [4.69, 9.17) is 16.1 Å². The molecule has 0 aliphatic carbocycles. The molecule has 0 radical (unpaired) electrons. The van der Waals surface area contributed by atoms with E-state index in [0.717, 1.165) is 12.1 Å². The SMILES string of the molecule is N#CN/C(N)=N/S(=O)(=O)c1ccccc1C(=O)O. The van der Waals surface area contributed by atoms with Crippen molar-refractivity contribution in [3.63, 3.8) is 0 Å². The van der Waals surface area contributed by atoms with Gasteiger partial charge in [0.15, 0.2) is 6.19 Å². The van der Waals surface area contributed by atoms with E-state index in [1.54, 1.807) is 0 Å². The van der Waals surface area contributed by atoms with Gasteiger partial charge < -0.3 is 10.8 Å². The van der Waals surface area contributed by atoms with E-state index in [2.05, 4.69) is 4.40 Å². The zero-order valence-corrected chi connectivity index (χ0v) is 9.68. The number of carboxylic acid groups (broad SMARTS) is 1. The highest BCUT2D eigenvalue weighted by atomic mass is 32.2. The Balaban J connectivity index is 3.35. The van der Waals surface area contributed by atoms with Gasteiger partial charge in [-0.05, 0) is 12.1 Å². The van der Waals surface area contributed by atoms with Crippen LogP contribution < -0.4 is 11.1 Å². The van der Waals surface area contributed by atoms with Crippen molar-refractivity contribution in [2.75, 3.05) is 0 Å². The molecule has 94 valence electrons. The highest BCUT2D eigenvalue weighted by Crippen LogP contribution is 2.17. The normalized spacial score (nSPS) is 11.6. The summed E-state index contributed by atoms with van der Waals surface area (Å²) in [7, 11) is -4.29. The molecule has 0 saturated carbocycles. The van der Waals surface area contributed by atoms with E-state index in [1.807, 2.05) is 5.32 Å². The standard InChI is InChI=1S/C9H8N4O4S/c10-5-12-9(11)13-18(16,17)7-4-2-1-3-6(7)8(14)15/h1-4H,(H,14,15)(H3,11,12,13). The molecule has 0 spiro atoms. The second-order valence-corrected chi connectivity index (χ2v) is 4.56. The summed E-state index contributed by atoms with van der Waals surface area (Å²) < 4.78 is 26.6. The molecule has 4 N–H and O–H groups in total. The third-order valence-electron chi connectivity index (χ3n) is 1.80. The molecular weight excluding hydrogens is 260 g/mol. The number of nitrogens with two attached hydrogens (primary N) is 1. The first-order chi connectivity index (χ1) is 8.38. The van der Waals surface area contributed by atoms with Crippen LogP contribution in [0.1, 0.15) is 10.4 Å². The van der Waals surface area contributed by atoms with Gasteiger partial charge in [0.1, 0.15) is 4.90 Å². The van der Waals surface area contributed by atoms with E-state index in [1.165, 1.54) is 18.3 Å². The number of nitriles is 1. The quantitative estimate of drug-likeness (QED) is 0.289. The second-order valence-electron chi connectivity index (χ2n) is 2.99. The zero-order chi connectivity index (χ0) is 13.8. The maximum Gasteiger partial charge on any atom is 0.337 e. The minimum Gasteiger partial charge on any atom is -0.478 e. The van der Waals surface area contributed by atoms with Crippen LogP contribution in [-0.2, 0) is 10.0 Å². The number of guanidine groups is 1. The Labute approximate surface area is 102 Å². The number of aromatic carboxylic acids is 1. The number of rotatable bonds is 3. The fraction of sp³-hybridized carbons (Fsp3) is 0. The number of hydrogen-bond acceptors (Lipinski definition) is 4. The fourth-order valence-corrected chi connectivity index (χ4v) is 2.21. The van der Waals surface area contributed by atoms with Gasteiger partial charge in [-0.25, -0.2) is 4.79 Å². The molecule has 0 saturated heterocycles. The Morgan fingerprint density at radius 2 is 2.06 bits per heavy atom. The van der Waals surface area contributed by atoms with Crippen LogP contribution in [0.25, 0.3) is 0 Å². The summed E-state index contributed by atoms with van der Waals surface area (Å²) in [4.78, 5) is 10.4. The minimum atomic E-state index is -4.29. The largest absolute Gasteiger partial charge is 0.478 e. The molecule has 0 amide bonds. The van der Waals surface area contributed by atoms with Crippen LogP contribution in [0, 0.1) is 11.5 Å². The fourth-order valence-electron chi connectivity index (χ4n) is 1.13. The van der Waals surface area contributed by atoms with Gasteiger partial charge in [0, 0.05) is 0 Å². The van der Waals surface area contributed by atoms with Gasteiger partial charge in [0.2, 0.25) is 5.96 Å². The van der Waals surface area contributed by atoms with Crippen molar-refractivity contribution >= 4 is 22.0 Å². The minimum absolute atomic E-state index is 0.425. The molecule has 0 aliphatic rings. The molecule has 0 bridgehead atoms. The van der Waals surface area contributed by atoms with Crippen LogP contribution in [0.3, 0.4) is 0 Å². The topological polar surface area (TPSA) is 146 Å². The molecule has 18 heavy (non-hydrogen) atoms. The molecule has 0 aliphatic heterocycles. The monoisotopic (exact) mass is 268 g/mol. The Morgan fingerprint density at radius 3 is 2.61 bits per heavy atom. The third-order valence-corrected chi connectivity index (χ3v) is 3.15. The number of carboxylic acids is 1. The van der Waals surface area contributed by atoms with Gasteiger partial charge in [0.05, 0.1) is 5.56 Å². The summed E-state index contributed by atoms with van der Waals surface area (Å²) in [5, 5.41) is 18.9. The van der Waals surface area contributed by atoms with Gasteiger partial charge >= 0.3 is 5.97 Å². The predicted octanol–water partition coefficient (Wildman–Crippen LogP) is -0.541. The molecule has 0 fully saturated rings. The Bertz CT molecular complexity index is 645. The van der Waals surface area contributed by atoms with Crippen molar-refractivity contribution < 1.29 is 18.3 Å². The van der Waals surface area contributed by atoms with Gasteiger partial charge in [-0.1, -0.05) is 12.1 Å². The maximum absolute atomic E-state index is 11.8. The molecule has 0 unspecified atom stereocenters. The molecule has 0 atom stereocenters. The van der Waals surface area contributed by atoms with Crippen molar-refractivity contribution in [2.24, 2.45) is 10.1 Å². The lowest BCUT2D eigenvalue weighted by Gasteiger charge is -2.03. The van der Waals surface area contributed by atoms with E-state index in [0.29, 0.717) is 0 Å². The highest BCUT2D eigenvalue weighted by molar-refractivity contribution is 7.90. The highest BCUT2D eigenvalue weighted by Gasteiger charge is 2.21. The van der Waals surface area contributed by atoms with E-state index >= 15 is 0 Å². The van der Waals surface area contributed by atoms with Crippen LogP contribution in [0.2, 0.25) is 0 Å². The number of hydrogen-bond donors (Lipinski definition) is 3. The van der Waals surface area contributed by atoms with Crippen LogP contribution in [-0.4, -0.2) is 25.5 Å². The number of carbonyl (C=O) groups is 1. The van der Waals surface area contributed by atoms with Crippen molar-refractivity contribution in [3.8, 4) is 6.19 Å². The lowest BCUT2D eigenvalue weighted by atomic mass is 10.2. The Morgan fingerprint density at radius 1 is 1.44 bits per heavy atom. The molecule has 9 heteroatoms. The van der Waals surface area contributed by atoms with Gasteiger partial charge in [-0.15, -0.1) is 4.40 Å². The Hall–Kier alpha value is -2.60. The summed E-state index contributed by atoms with van der Waals surface area (Å²) in [6.45, 7) is 0. The lowest BCUT2D eigenvalue weighted by molar-refractivity contribution is 0.0692. The van der Waals surface area contributed by atoms with E-state index in [-0.39, 0.29) is 0 Å². The van der Waals surface area contributed by atoms with Crippen molar-refractivity contribution in [3.05, 3.63) is 29.8 Å². The summed E-state index contributed by atoms with van der Waals surface area (Å²) in [5.41, 5.74) is 4.70. The smallest absolute Gasteiger partial charge is 0.337 e. The molecule has 8 nitrogen and oxygen atoms in total. The second kappa shape index (κ2) is 5.15. The first-order valence-electron chi connectivity index (χ1n) is 4.46. The van der Waals surface area contributed by atoms with Gasteiger partial charge in [-0.2, -0.15) is 13.7 Å². The molecule has 1 aromatic rings. The molecule has 0 aromatic heterocycles. The summed E-state index contributed by atoms with van der Waals surface area (Å²) in [6, 6.07) is 4.94. The first kappa shape index (κ1) is 13.5. The van der Waals surface area contributed by atoms with Crippen molar-refractivity contribution in [1.29, 1.82) is 5.26 Å². The number of benzene rings is 1. The third kappa shape index (κ3) is 2.96. The van der Waals surface area contributed by atoms with E-state index < -0.39 is 32.4 Å². The summed E-state index contributed by atoms with van der Waals surface area (Å²) >= 11 is 0. The molecule has 1 rings (SSSR count). The summed E-state index contributed by atoms with van der Waals surface area (Å²) in [5.74, 6) is -2.05. The van der Waals surface area contributed by atoms with Crippen LogP contribution in [0.15, 0.2) is 33.6 Å². The molecule has 1 aromatic carbocycles. The van der Waals surface area contributed by atoms with Crippen LogP contribution >= 0.6 is 0 Å². The van der Waals surface area contributed by atoms with Crippen LogP contribution in [0.4, 0.5) is 0 Å². The lowest BCUT2D eigenvalue weighted by Crippen LogP contribution is -2.28. The first-order valence-corrected chi connectivity index (χ1v) is 5.90. The van der Waals surface area contributed by atoms with Gasteiger partial charge in [-0.3, -0.25) is 5.32 Å². The maximum atomic E-state index is 11.8. The summed E-state index contributed by atoms with van der Waals surface area (Å²) in [6.07, 6.45) is 1.39. The van der Waals surface area contributed by atoms with Crippen molar-refractivity contribution in [1.82, 2.24) is 5.32 Å². The average Bonchev–Trinajstić information content (AvgIpc) is 2.28. The number of nitrogens with one attached hydrogen (secondary N) is 1.